The number of nitrogens with zero attached hydrogens (tertiary/aromatic N) is 7. The van der Waals surface area contributed by atoms with Crippen LogP contribution in [0.5, 0.6) is 0 Å². The molecule has 6 heterocycles. The maximum atomic E-state index is 5.71. The zero-order chi connectivity index (χ0) is 57.8. The lowest BCUT2D eigenvalue weighted by molar-refractivity contribution is 0.589. The first-order chi connectivity index (χ1) is 39.2. The normalized spacial score (nSPS) is 11.9. The van der Waals surface area contributed by atoms with Crippen molar-refractivity contribution in [2.45, 2.75) is 105 Å². The number of thiazole rings is 2. The molecule has 13 aromatic rings. The standard InChI is InChI=1S/C23H22N2.C17H17NS.C16H16N2O.C16H16N2S/c1-23(2,3)18-15-13-17(14-16-18)22-24-20-11-7-8-12-21(20)25(22)19-9-5-4-6-10-19;1-17(2,3)13-10-8-12(9-11-13)16-18-14-6-4-5-7-15(14)19-16;2*1-16(2,3)12-8-6-11(7-9-12)15-18-14-13(19-15)5-4-10-17-14/h4-16H,1-3H3;4-11H,1-3H3;2*4-10H,1-3H3. The van der Waals surface area contributed by atoms with Crippen LogP contribution in [0.25, 0.3) is 92.5 Å². The third-order valence-electron chi connectivity index (χ3n) is 14.2. The van der Waals surface area contributed by atoms with Crippen molar-refractivity contribution >= 4 is 65.5 Å². The minimum absolute atomic E-state index is 0.151. The first-order valence-corrected chi connectivity index (χ1v) is 29.5. The minimum Gasteiger partial charge on any atom is -0.434 e. The molecule has 10 heteroatoms. The van der Waals surface area contributed by atoms with Crippen LogP contribution in [0.3, 0.4) is 0 Å². The van der Waals surface area contributed by atoms with Crippen LogP contribution in [0.1, 0.15) is 105 Å². The summed E-state index contributed by atoms with van der Waals surface area (Å²) in [4.78, 5) is 27.0. The Bertz CT molecular complexity index is 3820. The molecule has 82 heavy (non-hydrogen) atoms. The molecule has 0 unspecified atom stereocenters. The minimum atomic E-state index is 0.151. The molecule has 0 radical (unpaired) electrons. The fourth-order valence-corrected chi connectivity index (χ4v) is 11.2. The lowest BCUT2D eigenvalue weighted by atomic mass is 9.86. The van der Waals surface area contributed by atoms with Gasteiger partial charge in [-0.1, -0.05) is 210 Å². The summed E-state index contributed by atoms with van der Waals surface area (Å²) in [5.41, 5.74) is 17.1. The van der Waals surface area contributed by atoms with E-state index in [0.717, 1.165) is 70.7 Å². The molecule has 8 nitrogen and oxygen atoms in total. The summed E-state index contributed by atoms with van der Waals surface area (Å²) in [5.74, 6) is 1.60. The zero-order valence-electron chi connectivity index (χ0n) is 49.1. The molecule has 0 aliphatic rings. The van der Waals surface area contributed by atoms with Gasteiger partial charge in [0.25, 0.3) is 0 Å². The Morgan fingerprint density at radius 1 is 0.354 bits per heavy atom. The topological polar surface area (TPSA) is 95.4 Å². The molecule has 0 aliphatic heterocycles. The van der Waals surface area contributed by atoms with Crippen molar-refractivity contribution in [3.05, 3.63) is 235 Å². The molecule has 412 valence electrons. The number of imidazole rings is 1. The first-order valence-electron chi connectivity index (χ1n) is 27.9. The average Bonchev–Trinajstić information content (AvgIpc) is 4.50. The lowest BCUT2D eigenvalue weighted by Crippen LogP contribution is -2.10. The van der Waals surface area contributed by atoms with Crippen molar-refractivity contribution in [3.8, 4) is 49.7 Å². The summed E-state index contributed by atoms with van der Waals surface area (Å²) in [5, 5.41) is 2.14. The molecule has 0 bridgehead atoms. The van der Waals surface area contributed by atoms with Gasteiger partial charge in [0.1, 0.15) is 15.8 Å². The first kappa shape index (κ1) is 56.8. The maximum absolute atomic E-state index is 5.71. The van der Waals surface area contributed by atoms with E-state index >= 15 is 0 Å². The predicted molar refractivity (Wildman–Crippen MR) is 346 cm³/mol. The number of benzene rings is 7. The van der Waals surface area contributed by atoms with Crippen molar-refractivity contribution < 1.29 is 4.42 Å². The van der Waals surface area contributed by atoms with Crippen molar-refractivity contribution in [3.63, 3.8) is 0 Å². The van der Waals surface area contributed by atoms with Gasteiger partial charge in [-0.05, 0) is 117 Å². The highest BCUT2D eigenvalue weighted by atomic mass is 32.1. The van der Waals surface area contributed by atoms with E-state index < -0.39 is 0 Å². The number of fused-ring (bicyclic) bond motifs is 4. The van der Waals surface area contributed by atoms with Crippen molar-refractivity contribution in [1.82, 2.24) is 34.5 Å². The fraction of sp³-hybridized carbons (Fsp3) is 0.222. The Hall–Kier alpha value is -8.44. The monoisotopic (exact) mass is 1110 g/mol. The van der Waals surface area contributed by atoms with E-state index in [1.165, 1.54) is 32.5 Å². The molecule has 0 N–H and O–H groups in total. The predicted octanol–water partition coefficient (Wildman–Crippen LogP) is 20.1. The molecular weight excluding hydrogens is 1040 g/mol. The van der Waals surface area contributed by atoms with Gasteiger partial charge < -0.3 is 4.42 Å². The summed E-state index contributed by atoms with van der Waals surface area (Å²) in [6, 6.07) is 69.3. The van der Waals surface area contributed by atoms with Crippen LogP contribution >= 0.6 is 22.7 Å². The highest BCUT2D eigenvalue weighted by Gasteiger charge is 2.19. The summed E-state index contributed by atoms with van der Waals surface area (Å²) in [6.07, 6.45) is 3.51. The molecule has 0 spiro atoms. The number of rotatable bonds is 5. The number of hydrogen-bond acceptors (Lipinski definition) is 9. The van der Waals surface area contributed by atoms with Crippen molar-refractivity contribution in [2.24, 2.45) is 0 Å². The van der Waals surface area contributed by atoms with Gasteiger partial charge in [-0.25, -0.2) is 24.9 Å². The molecule has 0 saturated heterocycles. The van der Waals surface area contributed by atoms with Crippen LogP contribution in [0.2, 0.25) is 0 Å². The largest absolute Gasteiger partial charge is 0.434 e. The Morgan fingerprint density at radius 3 is 1.32 bits per heavy atom. The van der Waals surface area contributed by atoms with E-state index in [4.69, 9.17) is 14.4 Å². The number of hydrogen-bond donors (Lipinski definition) is 0. The van der Waals surface area contributed by atoms with Gasteiger partial charge in [-0.15, -0.1) is 22.7 Å². The quantitative estimate of drug-likeness (QED) is 0.169. The van der Waals surface area contributed by atoms with Crippen LogP contribution < -0.4 is 0 Å². The molecule has 0 fully saturated rings. The smallest absolute Gasteiger partial charge is 0.228 e. The van der Waals surface area contributed by atoms with Gasteiger partial charge in [0.05, 0.1) is 25.9 Å². The Balaban J connectivity index is 0.000000123. The molecule has 13 rings (SSSR count). The van der Waals surface area contributed by atoms with Crippen LogP contribution in [-0.4, -0.2) is 34.5 Å². The molecule has 6 aromatic heterocycles. The third-order valence-corrected chi connectivity index (χ3v) is 16.3. The molecule has 0 atom stereocenters. The second-order valence-electron chi connectivity index (χ2n) is 24.6. The van der Waals surface area contributed by atoms with E-state index in [9.17, 15) is 0 Å². The fourth-order valence-electron chi connectivity index (χ4n) is 9.30. The van der Waals surface area contributed by atoms with Gasteiger partial charge in [0.15, 0.2) is 16.9 Å². The summed E-state index contributed by atoms with van der Waals surface area (Å²) < 4.78 is 10.3. The maximum Gasteiger partial charge on any atom is 0.228 e. The SMILES string of the molecule is CC(C)(C)c1ccc(-c2nc3ccccc3n2-c2ccccc2)cc1.CC(C)(C)c1ccc(-c2nc3ccccc3s2)cc1.CC(C)(C)c1ccc(-c2nc3ncccc3o2)cc1.CC(C)(C)c1ccc(-c2nc3ncccc3s2)cc1. The lowest BCUT2D eigenvalue weighted by Gasteiger charge is -2.19. The molecule has 7 aromatic carbocycles. The summed E-state index contributed by atoms with van der Waals surface area (Å²) in [7, 11) is 0. The van der Waals surface area contributed by atoms with Gasteiger partial charge in [-0.3, -0.25) is 4.57 Å². The van der Waals surface area contributed by atoms with Crippen LogP contribution in [-0.2, 0) is 21.7 Å². The molecule has 0 aliphatic carbocycles. The highest BCUT2D eigenvalue weighted by molar-refractivity contribution is 7.22. The average molecular weight is 1110 g/mol. The zero-order valence-corrected chi connectivity index (χ0v) is 50.7. The van der Waals surface area contributed by atoms with Gasteiger partial charge >= 0.3 is 0 Å². The van der Waals surface area contributed by atoms with E-state index in [1.807, 2.05) is 48.5 Å². The molecule has 0 amide bonds. The Morgan fingerprint density at radius 2 is 0.793 bits per heavy atom. The van der Waals surface area contributed by atoms with Gasteiger partial charge in [0, 0.05) is 40.3 Å². The van der Waals surface area contributed by atoms with E-state index in [2.05, 4.69) is 259 Å². The van der Waals surface area contributed by atoms with Crippen LogP contribution in [0.15, 0.2) is 217 Å². The van der Waals surface area contributed by atoms with Gasteiger partial charge in [-0.2, -0.15) is 4.98 Å². The second-order valence-corrected chi connectivity index (χ2v) is 26.6. The van der Waals surface area contributed by atoms with E-state index in [1.54, 1.807) is 35.1 Å². The Kier molecular flexibility index (Phi) is 16.3. The summed E-state index contributed by atoms with van der Waals surface area (Å²) >= 11 is 3.44. The van der Waals surface area contributed by atoms with Gasteiger partial charge in [0.2, 0.25) is 5.89 Å². The number of pyridine rings is 2. The van der Waals surface area contributed by atoms with E-state index in [0.29, 0.717) is 11.5 Å². The van der Waals surface area contributed by atoms with Crippen LogP contribution in [0.4, 0.5) is 0 Å². The number of para-hydroxylation sites is 4. The number of aromatic nitrogens is 7. The van der Waals surface area contributed by atoms with E-state index in [-0.39, 0.29) is 21.7 Å². The molecular formula is C72H71N7OS2. The number of oxazole rings is 1. The van der Waals surface area contributed by atoms with Crippen molar-refractivity contribution in [2.75, 3.05) is 0 Å². The third kappa shape index (κ3) is 13.3. The second kappa shape index (κ2) is 23.6. The van der Waals surface area contributed by atoms with Crippen molar-refractivity contribution in [1.29, 1.82) is 0 Å². The van der Waals surface area contributed by atoms with Crippen LogP contribution in [0, 0.1) is 0 Å². The molecule has 0 saturated carbocycles. The Labute approximate surface area is 490 Å². The summed E-state index contributed by atoms with van der Waals surface area (Å²) in [6.45, 7) is 26.7. The highest BCUT2D eigenvalue weighted by Crippen LogP contribution is 2.35.